The second kappa shape index (κ2) is 5.71. The Morgan fingerprint density at radius 2 is 1.33 bits per heavy atom. The van der Waals surface area contributed by atoms with Gasteiger partial charge in [-0.1, -0.05) is 54.6 Å². The molecule has 0 fully saturated rings. The third kappa shape index (κ3) is 3.06. The van der Waals surface area contributed by atoms with Crippen LogP contribution < -0.4 is 0 Å². The van der Waals surface area contributed by atoms with Crippen LogP contribution >= 0.6 is 0 Å². The van der Waals surface area contributed by atoms with Crippen molar-refractivity contribution in [1.29, 1.82) is 0 Å². The molecule has 0 aliphatic rings. The van der Waals surface area contributed by atoms with Crippen LogP contribution in [-0.4, -0.2) is 10.2 Å². The van der Waals surface area contributed by atoms with E-state index in [1.54, 1.807) is 12.1 Å². The number of phenolic OH excluding ortho intramolecular Hbond substituents is 2. The maximum absolute atomic E-state index is 9.89. The van der Waals surface area contributed by atoms with Crippen LogP contribution in [0.3, 0.4) is 0 Å². The number of aromatic hydroxyl groups is 2. The van der Waals surface area contributed by atoms with E-state index < -0.39 is 0 Å². The summed E-state index contributed by atoms with van der Waals surface area (Å²) in [5.41, 5.74) is 4.16. The molecule has 3 aromatic carbocycles. The van der Waals surface area contributed by atoms with Gasteiger partial charge in [0, 0.05) is 11.6 Å². The molecule has 3 aromatic rings. The van der Waals surface area contributed by atoms with Crippen molar-refractivity contribution in [2.45, 2.75) is 6.42 Å². The van der Waals surface area contributed by atoms with Crippen molar-refractivity contribution in [3.8, 4) is 22.6 Å². The molecule has 0 saturated heterocycles. The number of phenols is 2. The van der Waals surface area contributed by atoms with Crippen molar-refractivity contribution in [1.82, 2.24) is 0 Å². The normalized spacial score (nSPS) is 10.5. The summed E-state index contributed by atoms with van der Waals surface area (Å²) in [6.45, 7) is 0. The van der Waals surface area contributed by atoms with Gasteiger partial charge in [0.1, 0.15) is 11.5 Å². The summed E-state index contributed by atoms with van der Waals surface area (Å²) in [6, 6.07) is 23.1. The topological polar surface area (TPSA) is 40.5 Å². The number of hydrogen-bond donors (Lipinski definition) is 2. The lowest BCUT2D eigenvalue weighted by molar-refractivity contribution is 0.452. The average molecular weight is 276 g/mol. The first-order chi connectivity index (χ1) is 10.2. The smallest absolute Gasteiger partial charge is 0.127 e. The predicted octanol–water partition coefficient (Wildman–Crippen LogP) is 4.36. The fourth-order valence-electron chi connectivity index (χ4n) is 2.40. The van der Waals surface area contributed by atoms with Gasteiger partial charge in [-0.2, -0.15) is 0 Å². The van der Waals surface area contributed by atoms with Gasteiger partial charge >= 0.3 is 0 Å². The van der Waals surface area contributed by atoms with E-state index in [1.807, 2.05) is 30.3 Å². The van der Waals surface area contributed by atoms with Crippen LogP contribution in [0.2, 0.25) is 0 Å². The summed E-state index contributed by atoms with van der Waals surface area (Å²) in [4.78, 5) is 0. The van der Waals surface area contributed by atoms with Gasteiger partial charge in [0.25, 0.3) is 0 Å². The number of hydrogen-bond acceptors (Lipinski definition) is 2. The molecule has 2 N–H and O–H groups in total. The van der Waals surface area contributed by atoms with Gasteiger partial charge in [0.05, 0.1) is 0 Å². The molecular formula is C19H16O2. The second-order valence-corrected chi connectivity index (χ2v) is 5.06. The van der Waals surface area contributed by atoms with Gasteiger partial charge in [0.2, 0.25) is 0 Å². The van der Waals surface area contributed by atoms with Crippen molar-refractivity contribution < 1.29 is 10.2 Å². The molecule has 0 heterocycles. The molecule has 0 aliphatic heterocycles. The second-order valence-electron chi connectivity index (χ2n) is 5.06. The van der Waals surface area contributed by atoms with E-state index in [0.29, 0.717) is 0 Å². The van der Waals surface area contributed by atoms with Crippen LogP contribution in [0.5, 0.6) is 11.5 Å². The minimum Gasteiger partial charge on any atom is -0.508 e. The maximum atomic E-state index is 9.89. The average Bonchev–Trinajstić information content (AvgIpc) is 2.49. The summed E-state index contributed by atoms with van der Waals surface area (Å²) in [5.74, 6) is 0.155. The van der Waals surface area contributed by atoms with Crippen molar-refractivity contribution >= 4 is 0 Å². The highest BCUT2D eigenvalue weighted by molar-refractivity contribution is 5.71. The van der Waals surface area contributed by atoms with E-state index in [4.69, 9.17) is 0 Å². The van der Waals surface area contributed by atoms with Crippen LogP contribution in [-0.2, 0) is 6.42 Å². The van der Waals surface area contributed by atoms with Crippen LogP contribution in [0.1, 0.15) is 11.1 Å². The van der Waals surface area contributed by atoms with Crippen molar-refractivity contribution in [3.05, 3.63) is 83.9 Å². The lowest BCUT2D eigenvalue weighted by Gasteiger charge is -2.07. The summed E-state index contributed by atoms with van der Waals surface area (Å²) >= 11 is 0. The minimum absolute atomic E-state index is 0.0666. The van der Waals surface area contributed by atoms with E-state index in [1.165, 1.54) is 17.2 Å². The lowest BCUT2D eigenvalue weighted by atomic mass is 10.00. The van der Waals surface area contributed by atoms with E-state index >= 15 is 0 Å². The minimum atomic E-state index is 0.0666. The van der Waals surface area contributed by atoms with Crippen molar-refractivity contribution in [3.63, 3.8) is 0 Å². The molecule has 21 heavy (non-hydrogen) atoms. The maximum Gasteiger partial charge on any atom is 0.127 e. The quantitative estimate of drug-likeness (QED) is 0.746. The summed E-state index contributed by atoms with van der Waals surface area (Å²) in [6.07, 6.45) is 0.892. The molecule has 0 radical (unpaired) electrons. The van der Waals surface area contributed by atoms with Crippen LogP contribution in [0, 0.1) is 0 Å². The highest BCUT2D eigenvalue weighted by atomic mass is 16.3. The zero-order chi connectivity index (χ0) is 14.7. The molecule has 0 aliphatic carbocycles. The highest BCUT2D eigenvalue weighted by Crippen LogP contribution is 2.32. The van der Waals surface area contributed by atoms with Crippen molar-refractivity contribution in [2.24, 2.45) is 0 Å². The fourth-order valence-corrected chi connectivity index (χ4v) is 2.40. The molecule has 0 unspecified atom stereocenters. The predicted molar refractivity (Wildman–Crippen MR) is 84.5 cm³/mol. The third-order valence-corrected chi connectivity index (χ3v) is 3.50. The zero-order valence-electron chi connectivity index (χ0n) is 11.5. The number of benzene rings is 3. The van der Waals surface area contributed by atoms with E-state index in [9.17, 15) is 10.2 Å². The first-order valence-corrected chi connectivity index (χ1v) is 6.87. The fraction of sp³-hybridized carbons (Fsp3) is 0.0526. The van der Waals surface area contributed by atoms with Crippen LogP contribution in [0.4, 0.5) is 0 Å². The first kappa shape index (κ1) is 13.3. The van der Waals surface area contributed by atoms with Crippen molar-refractivity contribution in [2.75, 3.05) is 0 Å². The Morgan fingerprint density at radius 1 is 0.667 bits per heavy atom. The SMILES string of the molecule is Oc1ccc(-c2ccc(Cc3ccccc3)cc2)c(O)c1. The summed E-state index contributed by atoms with van der Waals surface area (Å²) in [5, 5.41) is 19.2. The van der Waals surface area contributed by atoms with Gasteiger partial charge in [0.15, 0.2) is 0 Å². The van der Waals surface area contributed by atoms with Gasteiger partial charge in [-0.3, -0.25) is 0 Å². The largest absolute Gasteiger partial charge is 0.508 e. The first-order valence-electron chi connectivity index (χ1n) is 6.87. The standard InChI is InChI=1S/C19H16O2/c20-17-10-11-18(19(21)13-17)16-8-6-15(7-9-16)12-14-4-2-1-3-5-14/h1-11,13,20-21H,12H2. The lowest BCUT2D eigenvalue weighted by Crippen LogP contribution is -1.88. The summed E-state index contributed by atoms with van der Waals surface area (Å²) in [7, 11) is 0. The van der Waals surface area contributed by atoms with Crippen LogP contribution in [0.25, 0.3) is 11.1 Å². The molecule has 3 rings (SSSR count). The van der Waals surface area contributed by atoms with E-state index in [0.717, 1.165) is 17.5 Å². The van der Waals surface area contributed by atoms with E-state index in [-0.39, 0.29) is 11.5 Å². The molecule has 0 aromatic heterocycles. The monoisotopic (exact) mass is 276 g/mol. The third-order valence-electron chi connectivity index (χ3n) is 3.50. The highest BCUT2D eigenvalue weighted by Gasteiger charge is 2.05. The Balaban J connectivity index is 1.84. The molecule has 0 saturated carbocycles. The van der Waals surface area contributed by atoms with E-state index in [2.05, 4.69) is 24.3 Å². The Hall–Kier alpha value is -2.74. The Kier molecular flexibility index (Phi) is 3.61. The van der Waals surface area contributed by atoms with Gasteiger partial charge in [-0.15, -0.1) is 0 Å². The molecular weight excluding hydrogens is 260 g/mol. The molecule has 0 atom stereocenters. The molecule has 0 bridgehead atoms. The summed E-state index contributed by atoms with van der Waals surface area (Å²) < 4.78 is 0. The molecule has 2 heteroatoms. The number of rotatable bonds is 3. The molecule has 0 amide bonds. The zero-order valence-corrected chi connectivity index (χ0v) is 11.5. The molecule has 104 valence electrons. The Morgan fingerprint density at radius 3 is 2.00 bits per heavy atom. The van der Waals surface area contributed by atoms with Gasteiger partial charge in [-0.05, 0) is 35.2 Å². The molecule has 0 spiro atoms. The van der Waals surface area contributed by atoms with Gasteiger partial charge in [-0.25, -0.2) is 0 Å². The van der Waals surface area contributed by atoms with Crippen LogP contribution in [0.15, 0.2) is 72.8 Å². The molecule has 2 nitrogen and oxygen atoms in total. The Bertz CT molecular complexity index is 731. The Labute approximate surface area is 123 Å². The van der Waals surface area contributed by atoms with Gasteiger partial charge < -0.3 is 10.2 Å².